The number of nitrogens with one attached hydrogen (secondary N) is 1. The first-order valence-corrected chi connectivity index (χ1v) is 4.64. The van der Waals surface area contributed by atoms with Gasteiger partial charge in [-0.3, -0.25) is 0 Å². The molecule has 0 saturated heterocycles. The van der Waals surface area contributed by atoms with Crippen molar-refractivity contribution in [1.82, 2.24) is 9.97 Å². The maximum Gasteiger partial charge on any atom is 0.223 e. The van der Waals surface area contributed by atoms with Gasteiger partial charge in [-0.1, -0.05) is 13.8 Å². The molecular weight excluding hydrogens is 162 g/mol. The lowest BCUT2D eigenvalue weighted by Crippen LogP contribution is -2.11. The van der Waals surface area contributed by atoms with E-state index in [9.17, 15) is 0 Å². The van der Waals surface area contributed by atoms with E-state index in [1.807, 2.05) is 13.0 Å². The molecule has 1 atom stereocenters. The summed E-state index contributed by atoms with van der Waals surface area (Å²) < 4.78 is 0. The lowest BCUT2D eigenvalue weighted by Gasteiger charge is -2.06. The predicted octanol–water partition coefficient (Wildman–Crippen LogP) is 2.00. The van der Waals surface area contributed by atoms with Gasteiger partial charge in [0.05, 0.1) is 0 Å². The molecule has 1 fully saturated rings. The summed E-state index contributed by atoms with van der Waals surface area (Å²) in [7, 11) is 0. The highest BCUT2D eigenvalue weighted by Gasteiger charge is 2.46. The average molecular weight is 177 g/mol. The quantitative estimate of drug-likeness (QED) is 0.750. The van der Waals surface area contributed by atoms with Crippen LogP contribution in [0.5, 0.6) is 0 Å². The van der Waals surface area contributed by atoms with Crippen LogP contribution in [0.15, 0.2) is 12.3 Å². The minimum atomic E-state index is 0.424. The zero-order valence-corrected chi connectivity index (χ0v) is 8.33. The summed E-state index contributed by atoms with van der Waals surface area (Å²) in [4.78, 5) is 8.46. The molecule has 13 heavy (non-hydrogen) atoms. The van der Waals surface area contributed by atoms with Gasteiger partial charge in [-0.05, 0) is 24.8 Å². The Bertz CT molecular complexity index is 320. The van der Waals surface area contributed by atoms with Crippen LogP contribution >= 0.6 is 0 Å². The Kier molecular flexibility index (Phi) is 1.75. The summed E-state index contributed by atoms with van der Waals surface area (Å²) in [5.41, 5.74) is 1.43. The van der Waals surface area contributed by atoms with Crippen molar-refractivity contribution in [3.63, 3.8) is 0 Å². The highest BCUT2D eigenvalue weighted by molar-refractivity contribution is 5.31. The molecule has 1 unspecified atom stereocenters. The molecule has 2 rings (SSSR count). The highest BCUT2D eigenvalue weighted by atomic mass is 15.1. The van der Waals surface area contributed by atoms with Crippen molar-refractivity contribution in [3.8, 4) is 0 Å². The van der Waals surface area contributed by atoms with E-state index in [0.29, 0.717) is 11.5 Å². The standard InChI is InChI=1S/C10H15N3/c1-7-4-5-11-9(12-7)13-8-6-10(8,2)3/h4-5,8H,6H2,1-3H3,(H,11,12,13). The molecule has 1 aromatic heterocycles. The van der Waals surface area contributed by atoms with Crippen LogP contribution in [-0.2, 0) is 0 Å². The number of hydrogen-bond acceptors (Lipinski definition) is 3. The molecule has 0 aliphatic heterocycles. The van der Waals surface area contributed by atoms with Gasteiger partial charge in [-0.15, -0.1) is 0 Å². The largest absolute Gasteiger partial charge is 0.351 e. The van der Waals surface area contributed by atoms with E-state index in [-0.39, 0.29) is 0 Å². The van der Waals surface area contributed by atoms with Gasteiger partial charge in [-0.25, -0.2) is 9.97 Å². The molecule has 3 heteroatoms. The van der Waals surface area contributed by atoms with E-state index in [0.717, 1.165) is 11.6 Å². The zero-order valence-electron chi connectivity index (χ0n) is 8.33. The van der Waals surface area contributed by atoms with Crippen LogP contribution in [0, 0.1) is 12.3 Å². The second kappa shape index (κ2) is 2.69. The topological polar surface area (TPSA) is 37.8 Å². The fraction of sp³-hybridized carbons (Fsp3) is 0.600. The molecule has 0 radical (unpaired) electrons. The Morgan fingerprint density at radius 3 is 2.77 bits per heavy atom. The lowest BCUT2D eigenvalue weighted by atomic mass is 10.2. The summed E-state index contributed by atoms with van der Waals surface area (Å²) in [6, 6.07) is 2.46. The second-order valence-electron chi connectivity index (χ2n) is 4.41. The van der Waals surface area contributed by atoms with E-state index >= 15 is 0 Å². The monoisotopic (exact) mass is 177 g/mol. The van der Waals surface area contributed by atoms with E-state index in [4.69, 9.17) is 0 Å². The number of rotatable bonds is 2. The number of aromatic nitrogens is 2. The van der Waals surface area contributed by atoms with Crippen LogP contribution < -0.4 is 5.32 Å². The SMILES string of the molecule is Cc1ccnc(NC2CC2(C)C)n1. The average Bonchev–Trinajstić information content (AvgIpc) is 2.58. The molecule has 70 valence electrons. The Labute approximate surface area is 78.6 Å². The minimum Gasteiger partial charge on any atom is -0.351 e. The second-order valence-corrected chi connectivity index (χ2v) is 4.41. The molecule has 0 spiro atoms. The van der Waals surface area contributed by atoms with Crippen LogP contribution in [0.1, 0.15) is 26.0 Å². The molecule has 1 aromatic rings. The normalized spacial score (nSPS) is 24.1. The van der Waals surface area contributed by atoms with Crippen LogP contribution in [0.4, 0.5) is 5.95 Å². The molecular formula is C10H15N3. The summed E-state index contributed by atoms with van der Waals surface area (Å²) >= 11 is 0. The predicted molar refractivity (Wildman–Crippen MR) is 52.6 cm³/mol. The minimum absolute atomic E-state index is 0.424. The number of anilines is 1. The Hall–Kier alpha value is -1.12. The van der Waals surface area contributed by atoms with Crippen molar-refractivity contribution in [1.29, 1.82) is 0 Å². The first-order chi connectivity index (χ1) is 6.08. The molecule has 1 aliphatic carbocycles. The molecule has 0 aromatic carbocycles. The van der Waals surface area contributed by atoms with E-state index in [1.165, 1.54) is 6.42 Å². The van der Waals surface area contributed by atoms with Gasteiger partial charge in [0.15, 0.2) is 0 Å². The molecule has 1 aliphatic rings. The first kappa shape index (κ1) is 8.48. The number of hydrogen-bond donors (Lipinski definition) is 1. The third kappa shape index (κ3) is 1.79. The molecule has 0 amide bonds. The van der Waals surface area contributed by atoms with Crippen molar-refractivity contribution in [3.05, 3.63) is 18.0 Å². The van der Waals surface area contributed by atoms with Gasteiger partial charge < -0.3 is 5.32 Å². The van der Waals surface area contributed by atoms with E-state index < -0.39 is 0 Å². The van der Waals surface area contributed by atoms with Crippen LogP contribution in [0.25, 0.3) is 0 Å². The van der Waals surface area contributed by atoms with Gasteiger partial charge in [0.25, 0.3) is 0 Å². The van der Waals surface area contributed by atoms with Crippen molar-refractivity contribution < 1.29 is 0 Å². The van der Waals surface area contributed by atoms with Crippen molar-refractivity contribution >= 4 is 5.95 Å². The third-order valence-corrected chi connectivity index (χ3v) is 2.61. The summed E-state index contributed by atoms with van der Waals surface area (Å²) in [6.07, 6.45) is 3.00. The molecule has 1 saturated carbocycles. The Balaban J connectivity index is 2.03. The molecule has 1 N–H and O–H groups in total. The van der Waals surface area contributed by atoms with Crippen LogP contribution in [-0.4, -0.2) is 16.0 Å². The highest BCUT2D eigenvalue weighted by Crippen LogP contribution is 2.46. The van der Waals surface area contributed by atoms with Gasteiger partial charge in [0.1, 0.15) is 0 Å². The Morgan fingerprint density at radius 1 is 1.54 bits per heavy atom. The number of aryl methyl sites for hydroxylation is 1. The van der Waals surface area contributed by atoms with Gasteiger partial charge in [0.2, 0.25) is 5.95 Å². The van der Waals surface area contributed by atoms with Gasteiger partial charge >= 0.3 is 0 Å². The summed E-state index contributed by atoms with van der Waals surface area (Å²) in [5.74, 6) is 0.760. The lowest BCUT2D eigenvalue weighted by molar-refractivity contribution is 0.628. The van der Waals surface area contributed by atoms with Crippen molar-refractivity contribution in [2.75, 3.05) is 5.32 Å². The smallest absolute Gasteiger partial charge is 0.223 e. The van der Waals surface area contributed by atoms with Gasteiger partial charge in [0, 0.05) is 17.9 Å². The first-order valence-electron chi connectivity index (χ1n) is 4.64. The third-order valence-electron chi connectivity index (χ3n) is 2.61. The molecule has 3 nitrogen and oxygen atoms in total. The van der Waals surface area contributed by atoms with Crippen LogP contribution in [0.2, 0.25) is 0 Å². The number of nitrogens with zero attached hydrogens (tertiary/aromatic N) is 2. The summed E-state index contributed by atoms with van der Waals surface area (Å²) in [5, 5.41) is 3.32. The maximum absolute atomic E-state index is 4.30. The fourth-order valence-corrected chi connectivity index (χ4v) is 1.39. The van der Waals surface area contributed by atoms with Gasteiger partial charge in [-0.2, -0.15) is 0 Å². The maximum atomic E-state index is 4.30. The zero-order chi connectivity index (χ0) is 9.47. The van der Waals surface area contributed by atoms with E-state index in [1.54, 1.807) is 6.20 Å². The van der Waals surface area contributed by atoms with Crippen LogP contribution in [0.3, 0.4) is 0 Å². The fourth-order valence-electron chi connectivity index (χ4n) is 1.39. The Morgan fingerprint density at radius 2 is 2.23 bits per heavy atom. The van der Waals surface area contributed by atoms with E-state index in [2.05, 4.69) is 29.1 Å². The molecule has 0 bridgehead atoms. The van der Waals surface area contributed by atoms with Crippen molar-refractivity contribution in [2.24, 2.45) is 5.41 Å². The molecule has 1 heterocycles. The summed E-state index contributed by atoms with van der Waals surface area (Å²) in [6.45, 7) is 6.48. The van der Waals surface area contributed by atoms with Crippen molar-refractivity contribution in [2.45, 2.75) is 33.2 Å².